The Kier molecular flexibility index (Phi) is 33.6. The van der Waals surface area contributed by atoms with Crippen molar-refractivity contribution >= 4 is 13.8 Å². The molecule has 294 valence electrons. The van der Waals surface area contributed by atoms with E-state index in [0.717, 1.165) is 83.5 Å². The summed E-state index contributed by atoms with van der Waals surface area (Å²) in [5.41, 5.74) is 0. The predicted molar refractivity (Wildman–Crippen MR) is 215 cm³/mol. The SMILES string of the molecule is CC/C=C\C/C=C\C/C=C\C/C=C\CCCOCC(COP(=O)(O)OCC[N+](C)(C)C)OC(=O)CCCCCCC/C=C\C/C=C\CCCCC. The van der Waals surface area contributed by atoms with E-state index in [9.17, 15) is 14.3 Å². The van der Waals surface area contributed by atoms with Gasteiger partial charge >= 0.3 is 13.8 Å². The third-order valence-corrected chi connectivity index (χ3v) is 8.74. The first-order valence-electron chi connectivity index (χ1n) is 19.7. The maximum atomic E-state index is 12.6. The van der Waals surface area contributed by atoms with Crippen LogP contribution in [0.15, 0.2) is 72.9 Å². The van der Waals surface area contributed by atoms with Crippen LogP contribution in [0, 0.1) is 0 Å². The van der Waals surface area contributed by atoms with Crippen molar-refractivity contribution in [1.82, 2.24) is 0 Å². The summed E-state index contributed by atoms with van der Waals surface area (Å²) in [4.78, 5) is 22.8. The number of phosphoric acid groups is 1. The highest BCUT2D eigenvalue weighted by atomic mass is 31.2. The van der Waals surface area contributed by atoms with Gasteiger partial charge in [0, 0.05) is 13.0 Å². The molecular formula is C42H75NO7P+. The second kappa shape index (κ2) is 35.0. The van der Waals surface area contributed by atoms with Gasteiger partial charge < -0.3 is 18.9 Å². The molecular weight excluding hydrogens is 661 g/mol. The number of esters is 1. The number of likely N-dealkylation sites (N-methyl/N-ethyl adjacent to an activating group) is 1. The van der Waals surface area contributed by atoms with Gasteiger partial charge in [-0.15, -0.1) is 0 Å². The Morgan fingerprint density at radius 2 is 1.14 bits per heavy atom. The van der Waals surface area contributed by atoms with E-state index < -0.39 is 13.9 Å². The Balaban J connectivity index is 4.43. The molecule has 0 bridgehead atoms. The van der Waals surface area contributed by atoms with Crippen LogP contribution in [0.1, 0.15) is 129 Å². The van der Waals surface area contributed by atoms with E-state index in [4.69, 9.17) is 18.5 Å². The second-order valence-electron chi connectivity index (χ2n) is 13.9. The molecule has 8 nitrogen and oxygen atoms in total. The second-order valence-corrected chi connectivity index (χ2v) is 15.4. The van der Waals surface area contributed by atoms with Gasteiger partial charge in [0.15, 0.2) is 0 Å². The summed E-state index contributed by atoms with van der Waals surface area (Å²) in [6.45, 7) is 5.27. The van der Waals surface area contributed by atoms with Crippen molar-refractivity contribution in [2.75, 3.05) is 54.1 Å². The molecule has 0 spiro atoms. The van der Waals surface area contributed by atoms with Crippen molar-refractivity contribution < 1.29 is 37.3 Å². The van der Waals surface area contributed by atoms with E-state index in [2.05, 4.69) is 86.8 Å². The minimum atomic E-state index is -4.29. The van der Waals surface area contributed by atoms with Crippen LogP contribution in [0.25, 0.3) is 0 Å². The number of nitrogens with zero attached hydrogens (tertiary/aromatic N) is 1. The van der Waals surface area contributed by atoms with Crippen LogP contribution in [0.5, 0.6) is 0 Å². The number of unbranched alkanes of at least 4 members (excludes halogenated alkanes) is 9. The zero-order valence-electron chi connectivity index (χ0n) is 33.1. The normalized spacial score (nSPS) is 14.7. The van der Waals surface area contributed by atoms with E-state index in [1.807, 2.05) is 21.1 Å². The molecule has 0 aliphatic rings. The van der Waals surface area contributed by atoms with Gasteiger partial charge in [0.25, 0.3) is 0 Å². The molecule has 0 aromatic carbocycles. The topological polar surface area (TPSA) is 91.3 Å². The lowest BCUT2D eigenvalue weighted by Gasteiger charge is -2.24. The van der Waals surface area contributed by atoms with Gasteiger partial charge in [-0.05, 0) is 77.0 Å². The molecule has 0 aromatic heterocycles. The maximum absolute atomic E-state index is 12.6. The average Bonchev–Trinajstić information content (AvgIpc) is 3.08. The van der Waals surface area contributed by atoms with Crippen LogP contribution in [0.3, 0.4) is 0 Å². The highest BCUT2D eigenvalue weighted by Gasteiger charge is 2.26. The zero-order chi connectivity index (χ0) is 37.7. The molecule has 0 aliphatic heterocycles. The number of rotatable bonds is 35. The maximum Gasteiger partial charge on any atom is 0.472 e. The molecule has 2 unspecified atom stereocenters. The van der Waals surface area contributed by atoms with Crippen molar-refractivity contribution in [3.8, 4) is 0 Å². The summed E-state index contributed by atoms with van der Waals surface area (Å²) in [5.74, 6) is -0.351. The number of ether oxygens (including phenoxy) is 2. The van der Waals surface area contributed by atoms with Crippen molar-refractivity contribution in [2.24, 2.45) is 0 Å². The van der Waals surface area contributed by atoms with E-state index >= 15 is 0 Å². The summed E-state index contributed by atoms with van der Waals surface area (Å²) in [6, 6.07) is 0. The van der Waals surface area contributed by atoms with Gasteiger partial charge in [0.05, 0.1) is 34.4 Å². The van der Waals surface area contributed by atoms with Crippen LogP contribution in [-0.2, 0) is 27.9 Å². The summed E-state index contributed by atoms with van der Waals surface area (Å²) in [5, 5.41) is 0. The fourth-order valence-corrected chi connectivity index (χ4v) is 5.44. The molecule has 0 saturated carbocycles. The Morgan fingerprint density at radius 1 is 0.627 bits per heavy atom. The molecule has 1 N–H and O–H groups in total. The quantitative estimate of drug-likeness (QED) is 0.0228. The van der Waals surface area contributed by atoms with Crippen LogP contribution in [0.2, 0.25) is 0 Å². The lowest BCUT2D eigenvalue weighted by atomic mass is 10.1. The molecule has 0 fully saturated rings. The fraction of sp³-hybridized carbons (Fsp3) is 0.690. The standard InChI is InChI=1S/C42H74NO7P/c1-6-8-10-12-14-16-18-20-22-23-25-27-29-31-33-35-42(44)50-41(40-49-51(45,46)48-38-36-43(3,4)5)39-47-37-34-32-30-28-26-24-21-19-17-15-13-11-9-7-2/h9,11,14-17,20-22,24,28,30,41H,6-8,10,12-13,18-19,23,25-27,29,31-40H2,1-5H3/p+1/b11-9-,16-14-,17-15-,22-20-,24-21-,30-28-. The Bertz CT molecular complexity index is 1040. The molecule has 0 saturated heterocycles. The highest BCUT2D eigenvalue weighted by molar-refractivity contribution is 7.47. The number of hydrogen-bond acceptors (Lipinski definition) is 6. The minimum absolute atomic E-state index is 0.0718. The third kappa shape index (κ3) is 39.0. The molecule has 9 heteroatoms. The lowest BCUT2D eigenvalue weighted by molar-refractivity contribution is -0.870. The van der Waals surface area contributed by atoms with Gasteiger partial charge in [-0.1, -0.05) is 119 Å². The Hall–Kier alpha value is -2.06. The first-order chi connectivity index (χ1) is 24.6. The average molecular weight is 737 g/mol. The first-order valence-corrected chi connectivity index (χ1v) is 21.2. The van der Waals surface area contributed by atoms with E-state index in [1.165, 1.54) is 25.7 Å². The summed E-state index contributed by atoms with van der Waals surface area (Å²) < 4.78 is 34.8. The van der Waals surface area contributed by atoms with Crippen LogP contribution in [0.4, 0.5) is 0 Å². The van der Waals surface area contributed by atoms with Crippen LogP contribution in [-0.4, -0.2) is 75.6 Å². The monoisotopic (exact) mass is 737 g/mol. The number of carbonyl (C=O) groups excluding carboxylic acids is 1. The van der Waals surface area contributed by atoms with Gasteiger partial charge in [0.2, 0.25) is 0 Å². The van der Waals surface area contributed by atoms with E-state index in [-0.39, 0.29) is 25.8 Å². The summed E-state index contributed by atoms with van der Waals surface area (Å²) in [6.07, 6.45) is 43.7. The highest BCUT2D eigenvalue weighted by Crippen LogP contribution is 2.43. The van der Waals surface area contributed by atoms with Gasteiger partial charge in [-0.25, -0.2) is 4.57 Å². The molecule has 0 heterocycles. The number of allylic oxidation sites excluding steroid dienone is 12. The van der Waals surface area contributed by atoms with E-state index in [0.29, 0.717) is 24.1 Å². The number of carbonyl (C=O) groups is 1. The minimum Gasteiger partial charge on any atom is -0.457 e. The molecule has 0 rings (SSSR count). The van der Waals surface area contributed by atoms with Crippen LogP contribution < -0.4 is 0 Å². The third-order valence-electron chi connectivity index (χ3n) is 7.75. The lowest BCUT2D eigenvalue weighted by Crippen LogP contribution is -2.37. The summed E-state index contributed by atoms with van der Waals surface area (Å²) in [7, 11) is 1.61. The Morgan fingerprint density at radius 3 is 1.71 bits per heavy atom. The van der Waals surface area contributed by atoms with Gasteiger partial charge in [0.1, 0.15) is 19.3 Å². The smallest absolute Gasteiger partial charge is 0.457 e. The van der Waals surface area contributed by atoms with Gasteiger partial charge in [-0.3, -0.25) is 13.8 Å². The molecule has 0 amide bonds. The molecule has 0 radical (unpaired) electrons. The van der Waals surface area contributed by atoms with Gasteiger partial charge in [-0.2, -0.15) is 0 Å². The van der Waals surface area contributed by atoms with Crippen molar-refractivity contribution in [2.45, 2.75) is 136 Å². The van der Waals surface area contributed by atoms with Crippen molar-refractivity contribution in [3.05, 3.63) is 72.9 Å². The zero-order valence-corrected chi connectivity index (χ0v) is 34.0. The van der Waals surface area contributed by atoms with Crippen molar-refractivity contribution in [3.63, 3.8) is 0 Å². The number of quaternary nitrogens is 1. The predicted octanol–water partition coefficient (Wildman–Crippen LogP) is 11.2. The first kappa shape index (κ1) is 48.9. The fourth-order valence-electron chi connectivity index (χ4n) is 4.70. The Labute approximate surface area is 312 Å². The molecule has 51 heavy (non-hydrogen) atoms. The van der Waals surface area contributed by atoms with E-state index in [1.54, 1.807) is 0 Å². The van der Waals surface area contributed by atoms with Crippen LogP contribution >= 0.6 is 7.82 Å². The van der Waals surface area contributed by atoms with Crippen molar-refractivity contribution in [1.29, 1.82) is 0 Å². The molecule has 2 atom stereocenters. The largest absolute Gasteiger partial charge is 0.472 e. The summed E-state index contributed by atoms with van der Waals surface area (Å²) >= 11 is 0. The molecule has 0 aromatic rings. The number of phosphoric ester groups is 1. The molecule has 0 aliphatic carbocycles. The number of hydrogen-bond donors (Lipinski definition) is 1.